The van der Waals surface area contributed by atoms with Gasteiger partial charge in [0.1, 0.15) is 6.54 Å². The smallest absolute Gasteiger partial charge is 0.256 e. The highest BCUT2D eigenvalue weighted by molar-refractivity contribution is 6.01. The molecule has 5 heteroatoms. The fraction of sp³-hybridized carbons (Fsp3) is 0.429. The predicted octanol–water partition coefficient (Wildman–Crippen LogP) is 1.03. The molecule has 1 N–H and O–H groups in total. The van der Waals surface area contributed by atoms with Crippen LogP contribution < -0.4 is 5.32 Å². The molecule has 102 valence electrons. The lowest BCUT2D eigenvalue weighted by atomic mass is 10.1. The molecule has 0 spiro atoms. The molecule has 2 rings (SSSR count). The first-order chi connectivity index (χ1) is 9.13. The van der Waals surface area contributed by atoms with Crippen LogP contribution in [0.3, 0.4) is 0 Å². The number of hydrogen-bond acceptors (Lipinski definition) is 3. The lowest BCUT2D eigenvalue weighted by Gasteiger charge is -2.21. The average molecular weight is 261 g/mol. The summed E-state index contributed by atoms with van der Waals surface area (Å²) >= 11 is 0. The van der Waals surface area contributed by atoms with Crippen LogP contribution in [0.1, 0.15) is 16.8 Å². The average Bonchev–Trinajstić information content (AvgIpc) is 2.60. The Kier molecular flexibility index (Phi) is 4.04. The molecule has 5 nitrogen and oxygen atoms in total. The van der Waals surface area contributed by atoms with Gasteiger partial charge in [0.2, 0.25) is 5.91 Å². The van der Waals surface area contributed by atoms with Crippen molar-refractivity contribution < 1.29 is 9.59 Å². The zero-order valence-electron chi connectivity index (χ0n) is 11.3. The highest BCUT2D eigenvalue weighted by atomic mass is 16.2. The molecule has 1 heterocycles. The summed E-state index contributed by atoms with van der Waals surface area (Å²) in [6.45, 7) is 1.48. The van der Waals surface area contributed by atoms with Gasteiger partial charge in [-0.15, -0.1) is 0 Å². The van der Waals surface area contributed by atoms with Crippen molar-refractivity contribution in [2.45, 2.75) is 6.42 Å². The number of rotatable bonds is 2. The highest BCUT2D eigenvalue weighted by Crippen LogP contribution is 2.17. The molecule has 0 aromatic heterocycles. The molecule has 1 aliphatic heterocycles. The van der Waals surface area contributed by atoms with Crippen LogP contribution >= 0.6 is 0 Å². The van der Waals surface area contributed by atoms with Gasteiger partial charge in [0.25, 0.3) is 5.91 Å². The largest absolute Gasteiger partial charge is 0.387 e. The van der Waals surface area contributed by atoms with Gasteiger partial charge in [-0.1, -0.05) is 12.1 Å². The van der Waals surface area contributed by atoms with E-state index >= 15 is 0 Å². The minimum absolute atomic E-state index is 0.00668. The van der Waals surface area contributed by atoms with Gasteiger partial charge in [-0.25, -0.2) is 0 Å². The van der Waals surface area contributed by atoms with E-state index in [1.807, 2.05) is 18.2 Å². The lowest BCUT2D eigenvalue weighted by molar-refractivity contribution is -0.129. The molecule has 2 amide bonds. The third kappa shape index (κ3) is 2.86. The van der Waals surface area contributed by atoms with E-state index in [1.54, 1.807) is 30.0 Å². The molecule has 1 fully saturated rings. The lowest BCUT2D eigenvalue weighted by Crippen LogP contribution is -2.38. The third-order valence-corrected chi connectivity index (χ3v) is 3.39. The minimum Gasteiger partial charge on any atom is -0.387 e. The minimum atomic E-state index is -0.0893. The Morgan fingerprint density at radius 3 is 2.74 bits per heavy atom. The summed E-state index contributed by atoms with van der Waals surface area (Å²) in [4.78, 5) is 27.6. The van der Waals surface area contributed by atoms with Crippen molar-refractivity contribution in [2.24, 2.45) is 0 Å². The number of benzene rings is 1. The first kappa shape index (κ1) is 13.4. The predicted molar refractivity (Wildman–Crippen MR) is 74.1 cm³/mol. The van der Waals surface area contributed by atoms with Crippen molar-refractivity contribution in [2.75, 3.05) is 39.0 Å². The number of hydrogen-bond donors (Lipinski definition) is 1. The molecule has 1 saturated heterocycles. The molecule has 1 aromatic carbocycles. The molecular weight excluding hydrogens is 242 g/mol. The zero-order valence-corrected chi connectivity index (χ0v) is 11.3. The molecule has 0 atom stereocenters. The van der Waals surface area contributed by atoms with Crippen molar-refractivity contribution in [3.05, 3.63) is 29.8 Å². The van der Waals surface area contributed by atoms with Gasteiger partial charge < -0.3 is 15.1 Å². The maximum absolute atomic E-state index is 12.5. The topological polar surface area (TPSA) is 52.7 Å². The van der Waals surface area contributed by atoms with Gasteiger partial charge in [0, 0.05) is 32.9 Å². The Morgan fingerprint density at radius 1 is 1.26 bits per heavy atom. The summed E-state index contributed by atoms with van der Waals surface area (Å²) in [5, 5.41) is 3.01. The highest BCUT2D eigenvalue weighted by Gasteiger charge is 2.24. The van der Waals surface area contributed by atoms with Crippen molar-refractivity contribution in [3.63, 3.8) is 0 Å². The van der Waals surface area contributed by atoms with Gasteiger partial charge in [0.05, 0.1) is 5.56 Å². The quantitative estimate of drug-likeness (QED) is 0.865. The Labute approximate surface area is 113 Å². The Hall–Kier alpha value is -2.04. The Bertz CT molecular complexity index is 487. The molecule has 0 aliphatic carbocycles. The first-order valence-corrected chi connectivity index (χ1v) is 6.43. The Morgan fingerprint density at radius 2 is 2.00 bits per heavy atom. The van der Waals surface area contributed by atoms with Crippen LogP contribution in [0, 0.1) is 0 Å². The van der Waals surface area contributed by atoms with E-state index in [4.69, 9.17) is 0 Å². The van der Waals surface area contributed by atoms with E-state index < -0.39 is 0 Å². The summed E-state index contributed by atoms with van der Waals surface area (Å²) in [5.74, 6) is -0.0959. The van der Waals surface area contributed by atoms with Gasteiger partial charge in [-0.05, 0) is 18.6 Å². The third-order valence-electron chi connectivity index (χ3n) is 3.39. The maximum Gasteiger partial charge on any atom is 0.256 e. The van der Waals surface area contributed by atoms with Crippen LogP contribution in [0.15, 0.2) is 24.3 Å². The second kappa shape index (κ2) is 5.73. The normalized spacial score (nSPS) is 16.2. The molecule has 1 aromatic rings. The number of anilines is 1. The summed E-state index contributed by atoms with van der Waals surface area (Å²) < 4.78 is 0. The molecule has 0 saturated carbocycles. The van der Waals surface area contributed by atoms with E-state index in [9.17, 15) is 9.59 Å². The van der Waals surface area contributed by atoms with E-state index in [2.05, 4.69) is 5.32 Å². The molecule has 0 bridgehead atoms. The van der Waals surface area contributed by atoms with Crippen molar-refractivity contribution in [1.29, 1.82) is 0 Å². The van der Waals surface area contributed by atoms with Crippen molar-refractivity contribution in [3.8, 4) is 0 Å². The van der Waals surface area contributed by atoms with Gasteiger partial charge >= 0.3 is 0 Å². The SMILES string of the molecule is CNc1ccccc1C(=O)N1CCCN(C)C(=O)C1. The van der Waals surface area contributed by atoms with E-state index in [1.165, 1.54) is 0 Å². The van der Waals surface area contributed by atoms with Gasteiger partial charge in [-0.3, -0.25) is 9.59 Å². The van der Waals surface area contributed by atoms with Crippen LogP contribution in [-0.2, 0) is 4.79 Å². The molecule has 19 heavy (non-hydrogen) atoms. The monoisotopic (exact) mass is 261 g/mol. The summed E-state index contributed by atoms with van der Waals surface area (Å²) in [5.41, 5.74) is 1.40. The maximum atomic E-state index is 12.5. The van der Waals surface area contributed by atoms with Crippen LogP contribution in [0.5, 0.6) is 0 Å². The standard InChI is InChI=1S/C14H19N3O2/c1-15-12-7-4-3-6-11(12)14(19)17-9-5-8-16(2)13(18)10-17/h3-4,6-7,15H,5,8-10H2,1-2H3. The summed E-state index contributed by atoms with van der Waals surface area (Å²) in [6.07, 6.45) is 0.815. The number of amides is 2. The van der Waals surface area contributed by atoms with Gasteiger partial charge in [-0.2, -0.15) is 0 Å². The first-order valence-electron chi connectivity index (χ1n) is 6.43. The van der Waals surface area contributed by atoms with E-state index in [0.29, 0.717) is 18.7 Å². The second-order valence-electron chi connectivity index (χ2n) is 4.69. The van der Waals surface area contributed by atoms with Crippen LogP contribution in [0.25, 0.3) is 0 Å². The molecule has 0 radical (unpaired) electrons. The van der Waals surface area contributed by atoms with E-state index in [0.717, 1.165) is 12.1 Å². The summed E-state index contributed by atoms with van der Waals surface area (Å²) in [6, 6.07) is 7.36. The number of nitrogens with zero attached hydrogens (tertiary/aromatic N) is 2. The zero-order chi connectivity index (χ0) is 13.8. The molecule has 0 unspecified atom stereocenters. The fourth-order valence-corrected chi connectivity index (χ4v) is 2.22. The van der Waals surface area contributed by atoms with Gasteiger partial charge in [0.15, 0.2) is 0 Å². The van der Waals surface area contributed by atoms with E-state index in [-0.39, 0.29) is 18.4 Å². The second-order valence-corrected chi connectivity index (χ2v) is 4.69. The number of nitrogens with one attached hydrogen (secondary N) is 1. The summed E-state index contributed by atoms with van der Waals surface area (Å²) in [7, 11) is 3.56. The number of para-hydroxylation sites is 1. The van der Waals surface area contributed by atoms with Crippen molar-refractivity contribution in [1.82, 2.24) is 9.80 Å². The number of carbonyl (C=O) groups excluding carboxylic acids is 2. The van der Waals surface area contributed by atoms with Crippen LogP contribution in [-0.4, -0.2) is 55.3 Å². The van der Waals surface area contributed by atoms with Crippen LogP contribution in [0.4, 0.5) is 5.69 Å². The molecular formula is C14H19N3O2. The fourth-order valence-electron chi connectivity index (χ4n) is 2.22. The van der Waals surface area contributed by atoms with Crippen LogP contribution in [0.2, 0.25) is 0 Å². The number of carbonyl (C=O) groups is 2. The van der Waals surface area contributed by atoms with Crippen molar-refractivity contribution >= 4 is 17.5 Å². The number of likely N-dealkylation sites (N-methyl/N-ethyl adjacent to an activating group) is 1. The molecule has 1 aliphatic rings. The Balaban J connectivity index is 2.21.